The van der Waals surface area contributed by atoms with Crippen molar-refractivity contribution in [3.05, 3.63) is 59.7 Å². The van der Waals surface area contributed by atoms with E-state index in [9.17, 15) is 9.59 Å². The molecule has 0 radical (unpaired) electrons. The van der Waals surface area contributed by atoms with Gasteiger partial charge in [0, 0.05) is 12.1 Å². The summed E-state index contributed by atoms with van der Waals surface area (Å²) in [6.45, 7) is 0.177. The number of carbonyl (C=O) groups is 2. The molecule has 0 aliphatic rings. The molecule has 1 heterocycles. The van der Waals surface area contributed by atoms with Crippen molar-refractivity contribution in [1.82, 2.24) is 31.2 Å². The number of benzene rings is 2. The maximum Gasteiger partial charge on any atom is 0.333 e. The Morgan fingerprint density at radius 1 is 1.08 bits per heavy atom. The summed E-state index contributed by atoms with van der Waals surface area (Å²) >= 11 is 0. The first-order valence-corrected chi connectivity index (χ1v) is 7.83. The van der Waals surface area contributed by atoms with Crippen molar-refractivity contribution < 1.29 is 9.59 Å². The van der Waals surface area contributed by atoms with Crippen LogP contribution in [-0.4, -0.2) is 26.9 Å². The van der Waals surface area contributed by atoms with E-state index >= 15 is 0 Å². The average Bonchev–Trinajstić information content (AvgIpc) is 3.08. The first kappa shape index (κ1) is 17.0. The van der Waals surface area contributed by atoms with Gasteiger partial charge in [0.05, 0.1) is 5.52 Å². The number of para-hydroxylation sites is 1. The zero-order chi connectivity index (χ0) is 18.4. The highest BCUT2D eigenvalue weighted by Gasteiger charge is 2.09. The number of fused-ring (bicyclic) bond motifs is 1. The van der Waals surface area contributed by atoms with Crippen LogP contribution in [0, 0.1) is 12.3 Å². The van der Waals surface area contributed by atoms with Gasteiger partial charge < -0.3 is 5.32 Å². The van der Waals surface area contributed by atoms with Crippen molar-refractivity contribution in [2.45, 2.75) is 13.1 Å². The Morgan fingerprint density at radius 3 is 2.69 bits per heavy atom. The number of amides is 3. The predicted octanol–water partition coefficient (Wildman–Crippen LogP) is 0.943. The molecule has 1 aromatic heterocycles. The summed E-state index contributed by atoms with van der Waals surface area (Å²) in [6, 6.07) is 14.0. The number of terminal acetylenes is 1. The van der Waals surface area contributed by atoms with Crippen molar-refractivity contribution >= 4 is 23.0 Å². The van der Waals surface area contributed by atoms with Gasteiger partial charge in [-0.25, -0.2) is 14.9 Å². The lowest BCUT2D eigenvalue weighted by Crippen LogP contribution is -2.47. The molecule has 26 heavy (non-hydrogen) atoms. The molecule has 8 nitrogen and oxygen atoms in total. The van der Waals surface area contributed by atoms with Crippen LogP contribution in [0.1, 0.15) is 11.1 Å². The summed E-state index contributed by atoms with van der Waals surface area (Å²) in [7, 11) is 0. The predicted molar refractivity (Wildman–Crippen MR) is 95.4 cm³/mol. The van der Waals surface area contributed by atoms with Crippen molar-refractivity contribution in [2.24, 2.45) is 0 Å². The molecule has 0 aliphatic heterocycles. The number of urea groups is 1. The summed E-state index contributed by atoms with van der Waals surface area (Å²) in [4.78, 5) is 23.8. The van der Waals surface area contributed by atoms with Crippen LogP contribution in [0.5, 0.6) is 0 Å². The first-order chi connectivity index (χ1) is 12.7. The van der Waals surface area contributed by atoms with E-state index in [1.165, 1.54) is 4.68 Å². The molecule has 3 N–H and O–H groups in total. The van der Waals surface area contributed by atoms with Crippen LogP contribution >= 0.6 is 0 Å². The second-order valence-corrected chi connectivity index (χ2v) is 5.39. The number of hydrogen-bond donors (Lipinski definition) is 3. The normalized spacial score (nSPS) is 10.1. The second kappa shape index (κ2) is 7.81. The lowest BCUT2D eigenvalue weighted by Gasteiger charge is -2.10. The van der Waals surface area contributed by atoms with Crippen LogP contribution in [0.25, 0.3) is 11.0 Å². The van der Waals surface area contributed by atoms with E-state index in [-0.39, 0.29) is 13.1 Å². The minimum Gasteiger partial charge on any atom is -0.333 e. The number of hydrogen-bond acceptors (Lipinski definition) is 4. The number of carbonyl (C=O) groups excluding carboxylic acids is 2. The molecule has 0 bridgehead atoms. The first-order valence-electron chi connectivity index (χ1n) is 7.83. The third-order valence-corrected chi connectivity index (χ3v) is 3.64. The number of rotatable bonds is 4. The minimum atomic E-state index is -0.548. The van der Waals surface area contributed by atoms with Crippen LogP contribution < -0.4 is 16.2 Å². The Morgan fingerprint density at radius 2 is 1.85 bits per heavy atom. The topological polar surface area (TPSA) is 101 Å². The van der Waals surface area contributed by atoms with Crippen LogP contribution in [-0.2, 0) is 17.9 Å². The Labute approximate surface area is 149 Å². The molecule has 130 valence electrons. The largest absolute Gasteiger partial charge is 0.333 e. The summed E-state index contributed by atoms with van der Waals surface area (Å²) in [5.74, 6) is 2.12. The quantitative estimate of drug-likeness (QED) is 0.482. The highest BCUT2D eigenvalue weighted by molar-refractivity contribution is 5.82. The summed E-state index contributed by atoms with van der Waals surface area (Å²) in [5.41, 5.74) is 7.55. The van der Waals surface area contributed by atoms with Gasteiger partial charge in [0.2, 0.25) is 0 Å². The standard InChI is InChI=1S/C18H16N6O2/c1-2-13-7-3-4-8-14(13)11-19-18(26)22-21-17(25)12-24-16-10-6-5-9-15(16)20-23-24/h1,3-10H,11-12H2,(H,21,25)(H2,19,22,26). The van der Waals surface area contributed by atoms with Crippen molar-refractivity contribution in [1.29, 1.82) is 0 Å². The molecule has 3 amide bonds. The highest BCUT2D eigenvalue weighted by Crippen LogP contribution is 2.09. The Bertz CT molecular complexity index is 989. The third-order valence-electron chi connectivity index (χ3n) is 3.64. The molecule has 0 saturated carbocycles. The van der Waals surface area contributed by atoms with Crippen LogP contribution in [0.3, 0.4) is 0 Å². The van der Waals surface area contributed by atoms with Crippen molar-refractivity contribution in [3.8, 4) is 12.3 Å². The fourth-order valence-corrected chi connectivity index (χ4v) is 2.37. The van der Waals surface area contributed by atoms with E-state index in [0.29, 0.717) is 11.1 Å². The molecule has 0 saturated heterocycles. The number of nitrogens with one attached hydrogen (secondary N) is 3. The lowest BCUT2D eigenvalue weighted by atomic mass is 10.1. The van der Waals surface area contributed by atoms with E-state index < -0.39 is 11.9 Å². The van der Waals surface area contributed by atoms with Gasteiger partial charge in [0.15, 0.2) is 0 Å². The van der Waals surface area contributed by atoms with Gasteiger partial charge in [-0.2, -0.15) is 0 Å². The Kier molecular flexibility index (Phi) is 5.10. The summed E-state index contributed by atoms with van der Waals surface area (Å²) < 4.78 is 1.45. The SMILES string of the molecule is C#Cc1ccccc1CNC(=O)NNC(=O)Cn1nnc2ccccc21. The number of nitrogens with zero attached hydrogens (tertiary/aromatic N) is 3. The molecule has 0 unspecified atom stereocenters. The maximum absolute atomic E-state index is 12.0. The monoisotopic (exact) mass is 348 g/mol. The molecule has 2 aromatic carbocycles. The van der Waals surface area contributed by atoms with Crippen LogP contribution in [0.15, 0.2) is 48.5 Å². The third kappa shape index (κ3) is 3.96. The Balaban J connectivity index is 1.48. The fourth-order valence-electron chi connectivity index (χ4n) is 2.37. The molecule has 8 heteroatoms. The van der Waals surface area contributed by atoms with Gasteiger partial charge in [-0.15, -0.1) is 11.5 Å². The Hall–Kier alpha value is -3.86. The molecule has 3 aromatic rings. The van der Waals surface area contributed by atoms with Gasteiger partial charge >= 0.3 is 6.03 Å². The number of aromatic nitrogens is 3. The van der Waals surface area contributed by atoms with Crippen molar-refractivity contribution in [3.63, 3.8) is 0 Å². The summed E-state index contributed by atoms with van der Waals surface area (Å²) in [5, 5.41) is 10.5. The minimum absolute atomic E-state index is 0.0687. The molecule has 0 atom stereocenters. The van der Waals surface area contributed by atoms with E-state index in [2.05, 4.69) is 32.4 Å². The summed E-state index contributed by atoms with van der Waals surface area (Å²) in [6.07, 6.45) is 5.41. The maximum atomic E-state index is 12.0. The van der Waals surface area contributed by atoms with Gasteiger partial charge in [-0.1, -0.05) is 41.5 Å². The van der Waals surface area contributed by atoms with Gasteiger partial charge in [0.1, 0.15) is 12.1 Å². The lowest BCUT2D eigenvalue weighted by molar-refractivity contribution is -0.122. The van der Waals surface area contributed by atoms with Crippen LogP contribution in [0.2, 0.25) is 0 Å². The molecule has 3 rings (SSSR count). The van der Waals surface area contributed by atoms with Gasteiger partial charge in [-0.3, -0.25) is 10.2 Å². The molecule has 0 aliphatic carbocycles. The zero-order valence-electron chi connectivity index (χ0n) is 13.8. The molecular formula is C18H16N6O2. The molecule has 0 spiro atoms. The number of hydrazine groups is 1. The van der Waals surface area contributed by atoms with E-state index in [0.717, 1.165) is 11.1 Å². The second-order valence-electron chi connectivity index (χ2n) is 5.39. The average molecular weight is 348 g/mol. The van der Waals surface area contributed by atoms with E-state index in [1.54, 1.807) is 12.1 Å². The van der Waals surface area contributed by atoms with Gasteiger partial charge in [-0.05, 0) is 23.8 Å². The van der Waals surface area contributed by atoms with E-state index in [4.69, 9.17) is 6.42 Å². The van der Waals surface area contributed by atoms with Gasteiger partial charge in [0.25, 0.3) is 5.91 Å². The highest BCUT2D eigenvalue weighted by atomic mass is 16.2. The van der Waals surface area contributed by atoms with Crippen molar-refractivity contribution in [2.75, 3.05) is 0 Å². The fraction of sp³-hybridized carbons (Fsp3) is 0.111. The smallest absolute Gasteiger partial charge is 0.333 e. The van der Waals surface area contributed by atoms with E-state index in [1.807, 2.05) is 36.4 Å². The zero-order valence-corrected chi connectivity index (χ0v) is 13.8. The van der Waals surface area contributed by atoms with Crippen LogP contribution in [0.4, 0.5) is 4.79 Å². The molecular weight excluding hydrogens is 332 g/mol. The molecule has 0 fully saturated rings.